The molecule has 0 aromatic carbocycles. The largest absolute Gasteiger partial charge is 0.614 e. The number of hydrogen-bond donors (Lipinski definition) is 1. The molecule has 0 spiro atoms. The molecule has 0 saturated carbocycles. The van der Waals surface area contributed by atoms with Crippen LogP contribution in [-0.4, -0.2) is 52.0 Å². The fraction of sp³-hybridized carbons (Fsp3) is 0.500. The molecule has 8 heteroatoms. The Labute approximate surface area is 106 Å². The van der Waals surface area contributed by atoms with Crippen LogP contribution in [0.1, 0.15) is 6.92 Å². The first kappa shape index (κ1) is 12.9. The van der Waals surface area contributed by atoms with Crippen LogP contribution in [0.2, 0.25) is 0 Å². The minimum Gasteiger partial charge on any atom is -0.614 e. The van der Waals surface area contributed by atoms with Crippen LogP contribution in [0.5, 0.6) is 0 Å². The molecule has 0 aromatic heterocycles. The van der Waals surface area contributed by atoms with E-state index in [0.29, 0.717) is 12.0 Å². The molecule has 0 aliphatic carbocycles. The van der Waals surface area contributed by atoms with Crippen LogP contribution < -0.4 is 5.32 Å². The lowest BCUT2D eigenvalue weighted by Crippen LogP contribution is -2.74. The molecule has 0 radical (unpaired) electrons. The van der Waals surface area contributed by atoms with Gasteiger partial charge in [0.15, 0.2) is 6.04 Å². The smallest absolute Gasteiger partial charge is 0.355 e. The van der Waals surface area contributed by atoms with Crippen molar-refractivity contribution in [3.8, 4) is 0 Å². The predicted octanol–water partition coefficient (Wildman–Crippen LogP) is -1.52. The molecule has 98 valence electrons. The number of esters is 1. The highest BCUT2D eigenvalue weighted by atomic mass is 32.2. The van der Waals surface area contributed by atoms with Gasteiger partial charge in [0.25, 0.3) is 5.91 Å². The van der Waals surface area contributed by atoms with Crippen LogP contribution in [0.15, 0.2) is 11.3 Å². The lowest BCUT2D eigenvalue weighted by atomic mass is 10.0. The molecule has 1 saturated heterocycles. The average Bonchev–Trinajstić information content (AvgIpc) is 2.34. The fourth-order valence-electron chi connectivity index (χ4n) is 2.14. The van der Waals surface area contributed by atoms with Crippen LogP contribution in [0, 0.1) is 0 Å². The topological polar surface area (TPSA) is 98.8 Å². The monoisotopic (exact) mass is 272 g/mol. The van der Waals surface area contributed by atoms with E-state index in [9.17, 15) is 18.9 Å². The second kappa shape index (κ2) is 4.62. The molecule has 18 heavy (non-hydrogen) atoms. The highest BCUT2D eigenvalue weighted by molar-refractivity contribution is 7.92. The summed E-state index contributed by atoms with van der Waals surface area (Å²) in [4.78, 5) is 35.0. The van der Waals surface area contributed by atoms with Gasteiger partial charge in [-0.2, -0.15) is 0 Å². The molecule has 2 amide bonds. The minimum atomic E-state index is -1.33. The van der Waals surface area contributed by atoms with Gasteiger partial charge in [-0.1, -0.05) is 0 Å². The summed E-state index contributed by atoms with van der Waals surface area (Å²) in [5.41, 5.74) is 0.686. The van der Waals surface area contributed by atoms with E-state index in [1.165, 1.54) is 7.11 Å². The van der Waals surface area contributed by atoms with Crippen molar-refractivity contribution < 1.29 is 23.7 Å². The van der Waals surface area contributed by atoms with Crippen LogP contribution in [0.4, 0.5) is 0 Å². The van der Waals surface area contributed by atoms with Gasteiger partial charge in [0.2, 0.25) is 11.8 Å². The van der Waals surface area contributed by atoms with E-state index in [1.54, 1.807) is 6.92 Å². The van der Waals surface area contributed by atoms with Gasteiger partial charge >= 0.3 is 5.97 Å². The van der Waals surface area contributed by atoms with Crippen LogP contribution in [0.25, 0.3) is 0 Å². The summed E-state index contributed by atoms with van der Waals surface area (Å²) in [6, 6.07) is -0.823. The molecule has 1 fully saturated rings. The standard InChI is InChI=1S/C10H12N2O5S/c1-5-3-18(16)9-6(11-4-13)8(14)12(9)7(5)10(15)17-2/h4,6,9H,3H2,1-2H3,(H,11,13)/t6?,9-,18?/m0/s1. The molecule has 1 N–H and O–H groups in total. The number of fused-ring (bicyclic) bond motifs is 1. The van der Waals surface area contributed by atoms with Crippen LogP contribution >= 0.6 is 0 Å². The third-order valence-electron chi connectivity index (χ3n) is 2.94. The van der Waals surface area contributed by atoms with Crippen molar-refractivity contribution in [1.29, 1.82) is 0 Å². The predicted molar refractivity (Wildman–Crippen MR) is 61.3 cm³/mol. The van der Waals surface area contributed by atoms with Crippen LogP contribution in [-0.2, 0) is 30.3 Å². The van der Waals surface area contributed by atoms with Gasteiger partial charge in [0.05, 0.1) is 7.11 Å². The van der Waals surface area contributed by atoms with Crippen molar-refractivity contribution in [2.45, 2.75) is 18.3 Å². The van der Waals surface area contributed by atoms with Gasteiger partial charge in [0, 0.05) is 5.57 Å². The second-order valence-electron chi connectivity index (χ2n) is 4.01. The van der Waals surface area contributed by atoms with E-state index in [1.807, 2.05) is 0 Å². The SMILES string of the molecule is COC(=O)C1=C(C)C[S+]([O-])[C@H]2C(NC=O)C(=O)N12. The summed E-state index contributed by atoms with van der Waals surface area (Å²) in [6.45, 7) is 1.63. The first-order chi connectivity index (χ1) is 8.52. The summed E-state index contributed by atoms with van der Waals surface area (Å²) in [5.74, 6) is -0.886. The molecule has 2 aliphatic heterocycles. The maximum atomic E-state index is 11.9. The number of hydrogen-bond acceptors (Lipinski definition) is 5. The molecule has 2 aliphatic rings. The summed E-state index contributed by atoms with van der Waals surface area (Å²) >= 11 is -1.33. The Kier molecular flexibility index (Phi) is 3.31. The molecular weight excluding hydrogens is 260 g/mol. The van der Waals surface area contributed by atoms with Crippen LogP contribution in [0.3, 0.4) is 0 Å². The third kappa shape index (κ3) is 1.68. The summed E-state index contributed by atoms with van der Waals surface area (Å²) in [7, 11) is 1.22. The van der Waals surface area contributed by atoms with Gasteiger partial charge in [-0.25, -0.2) is 4.79 Å². The highest BCUT2D eigenvalue weighted by Crippen LogP contribution is 2.36. The van der Waals surface area contributed by atoms with E-state index >= 15 is 0 Å². The zero-order valence-corrected chi connectivity index (χ0v) is 10.7. The number of ether oxygens (including phenoxy) is 1. The Balaban J connectivity index is 2.34. The number of amides is 2. The van der Waals surface area contributed by atoms with Crippen molar-refractivity contribution in [3.05, 3.63) is 11.3 Å². The van der Waals surface area contributed by atoms with Crippen molar-refractivity contribution in [3.63, 3.8) is 0 Å². The summed E-state index contributed by atoms with van der Waals surface area (Å²) in [5, 5.41) is 1.63. The van der Waals surface area contributed by atoms with Crippen molar-refractivity contribution in [2.24, 2.45) is 0 Å². The van der Waals surface area contributed by atoms with E-state index in [2.05, 4.69) is 10.1 Å². The number of methoxy groups -OCH3 is 1. The Morgan fingerprint density at radius 2 is 2.33 bits per heavy atom. The minimum absolute atomic E-state index is 0.135. The maximum Gasteiger partial charge on any atom is 0.355 e. The first-order valence-corrected chi connectivity index (χ1v) is 6.59. The third-order valence-corrected chi connectivity index (χ3v) is 4.68. The van der Waals surface area contributed by atoms with Gasteiger partial charge in [-0.15, -0.1) is 0 Å². The number of carbonyl (C=O) groups excluding carboxylic acids is 3. The number of rotatable bonds is 3. The van der Waals surface area contributed by atoms with Crippen molar-refractivity contribution >= 4 is 29.5 Å². The molecule has 3 atom stereocenters. The Morgan fingerprint density at radius 1 is 1.67 bits per heavy atom. The number of β-lactam (4-membered cyclic amide) rings is 1. The van der Waals surface area contributed by atoms with E-state index < -0.39 is 34.5 Å². The first-order valence-electron chi connectivity index (χ1n) is 5.21. The number of nitrogens with one attached hydrogen (secondary N) is 1. The van der Waals surface area contributed by atoms with Crippen molar-refractivity contribution in [1.82, 2.24) is 10.2 Å². The molecule has 7 nitrogen and oxygen atoms in total. The maximum absolute atomic E-state index is 11.9. The lowest BCUT2D eigenvalue weighted by Gasteiger charge is -2.48. The number of carbonyl (C=O) groups is 3. The Morgan fingerprint density at radius 3 is 2.89 bits per heavy atom. The normalized spacial score (nSPS) is 30.5. The van der Waals surface area contributed by atoms with Crippen molar-refractivity contribution in [2.75, 3.05) is 12.9 Å². The number of nitrogens with zero attached hydrogens (tertiary/aromatic N) is 1. The molecular formula is C10H12N2O5S. The molecule has 2 heterocycles. The van der Waals surface area contributed by atoms with Gasteiger partial charge < -0.3 is 14.6 Å². The van der Waals surface area contributed by atoms with Gasteiger partial charge in [-0.3, -0.25) is 14.5 Å². The Bertz CT molecular complexity index is 450. The molecule has 0 bridgehead atoms. The average molecular weight is 272 g/mol. The fourth-order valence-corrected chi connectivity index (χ4v) is 3.82. The molecule has 0 aromatic rings. The van der Waals surface area contributed by atoms with E-state index in [0.717, 1.165) is 4.90 Å². The summed E-state index contributed by atoms with van der Waals surface area (Å²) < 4.78 is 16.5. The van der Waals surface area contributed by atoms with Gasteiger partial charge in [-0.05, 0) is 18.1 Å². The van der Waals surface area contributed by atoms with Gasteiger partial charge in [0.1, 0.15) is 11.4 Å². The zero-order chi connectivity index (χ0) is 13.4. The zero-order valence-electron chi connectivity index (χ0n) is 9.84. The van der Waals surface area contributed by atoms with E-state index in [4.69, 9.17) is 0 Å². The lowest BCUT2D eigenvalue weighted by molar-refractivity contribution is -0.151. The molecule has 2 rings (SSSR count). The molecule has 2 unspecified atom stereocenters. The van der Waals surface area contributed by atoms with E-state index in [-0.39, 0.29) is 11.4 Å². The summed E-state index contributed by atoms with van der Waals surface area (Å²) in [6.07, 6.45) is 0.389. The highest BCUT2D eigenvalue weighted by Gasteiger charge is 2.60. The quantitative estimate of drug-likeness (QED) is 0.291. The Hall–Kier alpha value is -1.54. The second-order valence-corrected chi connectivity index (χ2v) is 5.54.